The van der Waals surface area contributed by atoms with Crippen LogP contribution in [0.25, 0.3) is 0 Å². The van der Waals surface area contributed by atoms with E-state index in [2.05, 4.69) is 83.8 Å². The molecule has 0 heterocycles. The Balaban J connectivity index is -0.000000159. The van der Waals surface area contributed by atoms with Crippen LogP contribution in [-0.4, -0.2) is 73.4 Å². The van der Waals surface area contributed by atoms with Gasteiger partial charge in [-0.2, -0.15) is 0 Å². The van der Waals surface area contributed by atoms with Crippen molar-refractivity contribution in [2.75, 3.05) is 20.9 Å². The Morgan fingerprint density at radius 2 is 0.897 bits per heavy atom. The monoisotopic (exact) mass is 554 g/mol. The molecule has 0 N–H and O–H groups in total. The van der Waals surface area contributed by atoms with Crippen LogP contribution in [0.15, 0.2) is 0 Å². The summed E-state index contributed by atoms with van der Waals surface area (Å²) in [5.74, 6) is 0. The van der Waals surface area contributed by atoms with Crippen molar-refractivity contribution in [1.29, 1.82) is 0 Å². The summed E-state index contributed by atoms with van der Waals surface area (Å²) >= 11 is 4.37. The highest BCUT2D eigenvalue weighted by molar-refractivity contribution is 7.96. The molecule has 29 heavy (non-hydrogen) atoms. The average molecular weight is 555 g/mol. The van der Waals surface area contributed by atoms with E-state index in [1.54, 1.807) is 14.2 Å². The van der Waals surface area contributed by atoms with Gasteiger partial charge >= 0.3 is 8.56 Å². The van der Waals surface area contributed by atoms with Crippen LogP contribution in [0, 0.1) is 0 Å². The highest BCUT2D eigenvalue weighted by Crippen LogP contribution is 2.10. The van der Waals surface area contributed by atoms with Crippen molar-refractivity contribution in [3.8, 4) is 0 Å². The molecule has 180 valence electrons. The van der Waals surface area contributed by atoms with E-state index in [4.69, 9.17) is 21.2 Å². The molecule has 5 nitrogen and oxygen atoms in total. The number of rotatable bonds is 8. The molecule has 0 aromatic carbocycles. The summed E-state index contributed by atoms with van der Waals surface area (Å²) in [6.07, 6.45) is 0. The van der Waals surface area contributed by atoms with Gasteiger partial charge in [0, 0.05) is 14.2 Å². The van der Waals surface area contributed by atoms with Gasteiger partial charge in [0.05, 0.1) is 0 Å². The molecule has 0 fully saturated rings. The third-order valence-electron chi connectivity index (χ3n) is 2.57. The van der Waals surface area contributed by atoms with Crippen molar-refractivity contribution in [3.05, 3.63) is 0 Å². The van der Waals surface area contributed by atoms with Gasteiger partial charge in [-0.1, -0.05) is 11.8 Å². The molecule has 0 radical (unpaired) electrons. The lowest BCUT2D eigenvalue weighted by Gasteiger charge is -2.28. The van der Waals surface area contributed by atoms with Gasteiger partial charge in [0.25, 0.3) is 9.28 Å². The maximum atomic E-state index is 5.90. The third-order valence-corrected chi connectivity index (χ3v) is 17.2. The molecule has 0 aromatic rings. The Morgan fingerprint density at radius 1 is 0.655 bits per heavy atom. The number of hydrogen-bond donors (Lipinski definition) is 0. The van der Waals surface area contributed by atoms with E-state index >= 15 is 0 Å². The van der Waals surface area contributed by atoms with Gasteiger partial charge in [0.15, 0.2) is 34.7 Å². The fraction of sp³-hybridized carbons (Fsp3) is 1.00. The maximum Gasteiger partial charge on any atom is 0.331 e. The molecular formula is C16H51O5PSSi6. The zero-order chi connectivity index (χ0) is 24.5. The zero-order valence-electron chi connectivity index (χ0n) is 22.1. The van der Waals surface area contributed by atoms with Crippen molar-refractivity contribution >= 4 is 71.7 Å². The predicted molar refractivity (Wildman–Crippen MR) is 152 cm³/mol. The van der Waals surface area contributed by atoms with Gasteiger partial charge < -0.3 is 21.2 Å². The standard InChI is InChI=1S/C7H22O2Si3.C4H12O2Si.C4H14OSi2.CH3PS/c1-10(8-11(2,3)4)9-12(5,6)7;1-5-7(3,4)6-2;1-6(2)5-7(3)4;1-2-3/h10H,1-7H3;1-4H3;6-7H,1-4H3;1H3. The predicted octanol–water partition coefficient (Wildman–Crippen LogP) is 5.51. The molecular weight excluding hydrogens is 504 g/mol. The Labute approximate surface area is 198 Å². The summed E-state index contributed by atoms with van der Waals surface area (Å²) in [5.41, 5.74) is 0. The maximum absolute atomic E-state index is 5.90. The first-order valence-corrected chi connectivity index (χ1v) is 29.7. The molecule has 0 spiro atoms. The van der Waals surface area contributed by atoms with Crippen LogP contribution in [0.4, 0.5) is 0 Å². The van der Waals surface area contributed by atoms with Crippen molar-refractivity contribution in [2.45, 2.75) is 85.1 Å². The second-order valence-corrected chi connectivity index (χ2v) is 31.1. The summed E-state index contributed by atoms with van der Waals surface area (Å²) in [4.78, 5) is 0. The summed E-state index contributed by atoms with van der Waals surface area (Å²) in [5, 5.41) is 0. The highest BCUT2D eigenvalue weighted by Gasteiger charge is 2.24. The van der Waals surface area contributed by atoms with Gasteiger partial charge in [-0.05, 0) is 99.1 Å². The van der Waals surface area contributed by atoms with Crippen molar-refractivity contribution < 1.29 is 21.2 Å². The van der Waals surface area contributed by atoms with Crippen LogP contribution in [0.2, 0.25) is 85.1 Å². The van der Waals surface area contributed by atoms with Gasteiger partial charge in [-0.25, -0.2) is 0 Å². The first-order chi connectivity index (χ1) is 12.8. The van der Waals surface area contributed by atoms with Gasteiger partial charge in [-0.15, -0.1) is 0 Å². The quantitative estimate of drug-likeness (QED) is 0.291. The van der Waals surface area contributed by atoms with E-state index in [-0.39, 0.29) is 0 Å². The summed E-state index contributed by atoms with van der Waals surface area (Å²) in [7, 11) is -2.68. The van der Waals surface area contributed by atoms with E-state index in [0.29, 0.717) is 0 Å². The first-order valence-electron chi connectivity index (χ1n) is 10.1. The Hall–Kier alpha value is 1.62. The molecule has 0 rings (SSSR count). The zero-order valence-corrected chi connectivity index (χ0v) is 30.3. The second kappa shape index (κ2) is 20.2. The van der Waals surface area contributed by atoms with Gasteiger partial charge in [0.1, 0.15) is 0 Å². The van der Waals surface area contributed by atoms with E-state index in [1.165, 1.54) is 0 Å². The molecule has 0 atom stereocenters. The van der Waals surface area contributed by atoms with Crippen LogP contribution in [-0.2, 0) is 33.0 Å². The molecule has 0 aromatic heterocycles. The van der Waals surface area contributed by atoms with Crippen molar-refractivity contribution in [1.82, 2.24) is 0 Å². The normalized spacial score (nSPS) is 12.1. The highest BCUT2D eigenvalue weighted by atomic mass is 32.4. The lowest BCUT2D eigenvalue weighted by atomic mass is 11.8. The van der Waals surface area contributed by atoms with Crippen LogP contribution in [0.3, 0.4) is 0 Å². The Bertz CT molecular complexity index is 352. The van der Waals surface area contributed by atoms with E-state index in [1.807, 2.05) is 19.8 Å². The lowest BCUT2D eigenvalue weighted by molar-refractivity contribution is 0.258. The lowest BCUT2D eigenvalue weighted by Crippen LogP contribution is -2.41. The molecule has 0 unspecified atom stereocenters. The molecule has 0 aliphatic heterocycles. The van der Waals surface area contributed by atoms with E-state index in [0.717, 1.165) is 7.36 Å². The topological polar surface area (TPSA) is 46.2 Å². The first kappa shape index (κ1) is 37.9. The Kier molecular flexibility index (Phi) is 26.5. The minimum atomic E-state index is -1.65. The van der Waals surface area contributed by atoms with Crippen LogP contribution < -0.4 is 0 Å². The van der Waals surface area contributed by atoms with Gasteiger partial charge in [0.2, 0.25) is 0 Å². The summed E-state index contributed by atoms with van der Waals surface area (Å²) in [6, 6.07) is 0. The summed E-state index contributed by atoms with van der Waals surface area (Å²) in [6.45, 7) is 30.2. The van der Waals surface area contributed by atoms with Gasteiger partial charge in [-0.3, -0.25) is 0 Å². The molecule has 0 aliphatic carbocycles. The largest absolute Gasteiger partial charge is 0.461 e. The smallest absolute Gasteiger partial charge is 0.331 e. The molecule has 0 bridgehead atoms. The molecule has 13 heteroatoms. The van der Waals surface area contributed by atoms with Crippen molar-refractivity contribution in [2.24, 2.45) is 0 Å². The second-order valence-electron chi connectivity index (χ2n) is 9.25. The Morgan fingerprint density at radius 3 is 0.966 bits per heavy atom. The SMILES string of the molecule is CO[Si](C)(C)OC.CP=S.C[SiH](C)O[SiH](C)C.C[SiH](O[Si](C)(C)C)O[Si](C)(C)C. The third kappa shape index (κ3) is 48.3. The molecule has 0 amide bonds. The molecule has 0 saturated heterocycles. The fourth-order valence-corrected chi connectivity index (χ4v) is 14.8. The molecule has 0 saturated carbocycles. The van der Waals surface area contributed by atoms with Crippen LogP contribution >= 0.6 is 7.36 Å². The summed E-state index contributed by atoms with van der Waals surface area (Å²) < 4.78 is 27.3. The van der Waals surface area contributed by atoms with E-state index < -0.39 is 52.6 Å². The minimum Gasteiger partial charge on any atom is -0.461 e. The number of hydrogen-bond acceptors (Lipinski definition) is 6. The van der Waals surface area contributed by atoms with E-state index in [9.17, 15) is 0 Å². The fourth-order valence-electron chi connectivity index (χ4n) is 1.65. The van der Waals surface area contributed by atoms with Crippen LogP contribution in [0.5, 0.6) is 0 Å². The molecule has 0 aliphatic rings. The van der Waals surface area contributed by atoms with Crippen molar-refractivity contribution in [3.63, 3.8) is 0 Å². The minimum absolute atomic E-state index is 0.667. The van der Waals surface area contributed by atoms with Crippen LogP contribution in [0.1, 0.15) is 0 Å². The average Bonchev–Trinajstić information content (AvgIpc) is 2.43.